The number of rotatable bonds is 8. The quantitative estimate of drug-likeness (QED) is 0.747. The molecule has 114 valence electrons. The van der Waals surface area contributed by atoms with Crippen molar-refractivity contribution < 1.29 is 17.9 Å². The van der Waals surface area contributed by atoms with Crippen molar-refractivity contribution in [3.8, 4) is 0 Å². The zero-order valence-electron chi connectivity index (χ0n) is 11.8. The van der Waals surface area contributed by atoms with E-state index in [4.69, 9.17) is 0 Å². The standard InChI is InChI=1S/C13H20F3N3O/c1-3-5-17-8-11-7-10(2)18-12(19-11)4-6-20-9-13(14,15)16/h7,17H,3-6,8-9H2,1-2H3. The maximum atomic E-state index is 11.9. The lowest BCUT2D eigenvalue weighted by atomic mass is 10.3. The van der Waals surface area contributed by atoms with Crippen molar-refractivity contribution in [2.45, 2.75) is 39.4 Å². The van der Waals surface area contributed by atoms with Gasteiger partial charge in [-0.05, 0) is 26.0 Å². The van der Waals surface area contributed by atoms with Crippen LogP contribution in [-0.2, 0) is 17.7 Å². The largest absolute Gasteiger partial charge is 0.411 e. The summed E-state index contributed by atoms with van der Waals surface area (Å²) in [5.74, 6) is 0.514. The van der Waals surface area contributed by atoms with Gasteiger partial charge in [-0.3, -0.25) is 0 Å². The first-order valence-corrected chi connectivity index (χ1v) is 6.59. The molecule has 0 unspecified atom stereocenters. The molecular formula is C13H20F3N3O. The number of alkyl halides is 3. The van der Waals surface area contributed by atoms with Crippen LogP contribution in [0.15, 0.2) is 6.07 Å². The lowest BCUT2D eigenvalue weighted by Gasteiger charge is -2.09. The van der Waals surface area contributed by atoms with E-state index in [0.29, 0.717) is 12.4 Å². The molecule has 1 heterocycles. The predicted octanol–water partition coefficient (Wildman–Crippen LogP) is 2.41. The van der Waals surface area contributed by atoms with Gasteiger partial charge >= 0.3 is 6.18 Å². The van der Waals surface area contributed by atoms with Gasteiger partial charge in [0, 0.05) is 18.7 Å². The molecular weight excluding hydrogens is 271 g/mol. The molecule has 7 heteroatoms. The predicted molar refractivity (Wildman–Crippen MR) is 69.3 cm³/mol. The Bertz CT molecular complexity index is 410. The van der Waals surface area contributed by atoms with Gasteiger partial charge in [0.1, 0.15) is 12.4 Å². The minimum atomic E-state index is -4.29. The Kier molecular flexibility index (Phi) is 6.87. The van der Waals surface area contributed by atoms with Crippen molar-refractivity contribution >= 4 is 0 Å². The third kappa shape index (κ3) is 7.40. The molecule has 0 aliphatic rings. The van der Waals surface area contributed by atoms with E-state index in [9.17, 15) is 13.2 Å². The zero-order valence-corrected chi connectivity index (χ0v) is 11.8. The summed E-state index contributed by atoms with van der Waals surface area (Å²) in [6.45, 7) is 4.17. The average Bonchev–Trinajstić information content (AvgIpc) is 2.33. The van der Waals surface area contributed by atoms with Crippen LogP contribution in [0.3, 0.4) is 0 Å². The molecule has 0 atom stereocenters. The van der Waals surface area contributed by atoms with Gasteiger partial charge in [-0.15, -0.1) is 0 Å². The number of hydrogen-bond donors (Lipinski definition) is 1. The first-order valence-electron chi connectivity index (χ1n) is 6.59. The zero-order chi connectivity index (χ0) is 15.0. The van der Waals surface area contributed by atoms with Crippen molar-refractivity contribution in [1.82, 2.24) is 15.3 Å². The summed E-state index contributed by atoms with van der Waals surface area (Å²) in [4.78, 5) is 8.50. The number of nitrogens with zero attached hydrogens (tertiary/aromatic N) is 2. The highest BCUT2D eigenvalue weighted by atomic mass is 19.4. The number of aromatic nitrogens is 2. The Balaban J connectivity index is 2.44. The van der Waals surface area contributed by atoms with Crippen LogP contribution >= 0.6 is 0 Å². The Labute approximate surface area is 116 Å². The third-order valence-corrected chi connectivity index (χ3v) is 2.42. The molecule has 0 aromatic carbocycles. The van der Waals surface area contributed by atoms with Gasteiger partial charge in [0.2, 0.25) is 0 Å². The second kappa shape index (κ2) is 8.16. The summed E-state index contributed by atoms with van der Waals surface area (Å²) in [7, 11) is 0. The van der Waals surface area contributed by atoms with Crippen molar-refractivity contribution in [1.29, 1.82) is 0 Å². The molecule has 0 aliphatic heterocycles. The molecule has 1 aromatic rings. The maximum absolute atomic E-state index is 11.9. The van der Waals surface area contributed by atoms with Gasteiger partial charge in [0.05, 0.1) is 12.3 Å². The van der Waals surface area contributed by atoms with E-state index in [-0.39, 0.29) is 13.0 Å². The molecule has 1 aromatic heterocycles. The van der Waals surface area contributed by atoms with Crippen LogP contribution in [0.25, 0.3) is 0 Å². The van der Waals surface area contributed by atoms with Crippen LogP contribution < -0.4 is 5.32 Å². The van der Waals surface area contributed by atoms with Crippen molar-refractivity contribution in [3.63, 3.8) is 0 Å². The number of aryl methyl sites for hydroxylation is 1. The van der Waals surface area contributed by atoms with Crippen LogP contribution in [-0.4, -0.2) is 35.9 Å². The van der Waals surface area contributed by atoms with Crippen LogP contribution in [0.2, 0.25) is 0 Å². The minimum absolute atomic E-state index is 0.0369. The van der Waals surface area contributed by atoms with E-state index in [0.717, 1.165) is 24.4 Å². The Morgan fingerprint density at radius 3 is 2.70 bits per heavy atom. The maximum Gasteiger partial charge on any atom is 0.411 e. The lowest BCUT2D eigenvalue weighted by Crippen LogP contribution is -2.19. The summed E-state index contributed by atoms with van der Waals surface area (Å²) < 4.78 is 40.3. The van der Waals surface area contributed by atoms with Crippen LogP contribution in [0.4, 0.5) is 13.2 Å². The summed E-state index contributed by atoms with van der Waals surface area (Å²) in [5.41, 5.74) is 1.65. The Morgan fingerprint density at radius 1 is 1.30 bits per heavy atom. The molecule has 0 saturated heterocycles. The van der Waals surface area contributed by atoms with Crippen molar-refractivity contribution in [2.75, 3.05) is 19.8 Å². The fraction of sp³-hybridized carbons (Fsp3) is 0.692. The van der Waals surface area contributed by atoms with Crippen LogP contribution in [0, 0.1) is 6.92 Å². The van der Waals surface area contributed by atoms with Gasteiger partial charge in [0.25, 0.3) is 0 Å². The molecule has 0 spiro atoms. The van der Waals surface area contributed by atoms with Gasteiger partial charge in [-0.1, -0.05) is 6.92 Å². The second-order valence-corrected chi connectivity index (χ2v) is 4.51. The molecule has 4 nitrogen and oxygen atoms in total. The fourth-order valence-electron chi connectivity index (χ4n) is 1.65. The molecule has 0 bridgehead atoms. The summed E-state index contributed by atoms with van der Waals surface area (Å²) >= 11 is 0. The number of halogens is 3. The Morgan fingerprint density at radius 2 is 2.05 bits per heavy atom. The molecule has 0 fully saturated rings. The van der Waals surface area contributed by atoms with Gasteiger partial charge < -0.3 is 10.1 Å². The Hall–Kier alpha value is -1.21. The van der Waals surface area contributed by atoms with Crippen molar-refractivity contribution in [3.05, 3.63) is 23.3 Å². The van der Waals surface area contributed by atoms with Gasteiger partial charge in [-0.25, -0.2) is 9.97 Å². The number of nitrogens with one attached hydrogen (secondary N) is 1. The fourth-order valence-corrected chi connectivity index (χ4v) is 1.65. The monoisotopic (exact) mass is 291 g/mol. The second-order valence-electron chi connectivity index (χ2n) is 4.51. The summed E-state index contributed by atoms with van der Waals surface area (Å²) in [6, 6.07) is 1.86. The summed E-state index contributed by atoms with van der Waals surface area (Å²) in [5, 5.41) is 3.22. The number of ether oxygens (including phenoxy) is 1. The summed E-state index contributed by atoms with van der Waals surface area (Å²) in [6.07, 6.45) is -2.98. The highest BCUT2D eigenvalue weighted by Gasteiger charge is 2.27. The molecule has 0 saturated carbocycles. The third-order valence-electron chi connectivity index (χ3n) is 2.42. The van der Waals surface area contributed by atoms with Gasteiger partial charge in [-0.2, -0.15) is 13.2 Å². The first-order chi connectivity index (χ1) is 9.40. The molecule has 1 rings (SSSR count). The average molecular weight is 291 g/mol. The van der Waals surface area contributed by atoms with E-state index < -0.39 is 12.8 Å². The normalized spacial score (nSPS) is 11.8. The highest BCUT2D eigenvalue weighted by Crippen LogP contribution is 2.14. The van der Waals surface area contributed by atoms with E-state index in [1.54, 1.807) is 0 Å². The lowest BCUT2D eigenvalue weighted by molar-refractivity contribution is -0.173. The molecule has 0 amide bonds. The number of hydrogen-bond acceptors (Lipinski definition) is 4. The van der Waals surface area contributed by atoms with E-state index in [1.807, 2.05) is 13.0 Å². The SMILES string of the molecule is CCCNCc1cc(C)nc(CCOCC(F)(F)F)n1. The smallest absolute Gasteiger partial charge is 0.372 e. The molecule has 0 radical (unpaired) electrons. The topological polar surface area (TPSA) is 47.0 Å². The first kappa shape index (κ1) is 16.8. The van der Waals surface area contributed by atoms with Gasteiger partial charge in [0.15, 0.2) is 0 Å². The highest BCUT2D eigenvalue weighted by molar-refractivity contribution is 5.10. The van der Waals surface area contributed by atoms with E-state index in [2.05, 4.69) is 26.9 Å². The molecule has 0 aliphatic carbocycles. The van der Waals surface area contributed by atoms with Crippen molar-refractivity contribution in [2.24, 2.45) is 0 Å². The molecule has 20 heavy (non-hydrogen) atoms. The van der Waals surface area contributed by atoms with Crippen LogP contribution in [0.5, 0.6) is 0 Å². The van der Waals surface area contributed by atoms with Crippen LogP contribution in [0.1, 0.15) is 30.6 Å². The van der Waals surface area contributed by atoms with E-state index >= 15 is 0 Å². The molecule has 1 N–H and O–H groups in total. The van der Waals surface area contributed by atoms with E-state index in [1.165, 1.54) is 0 Å². The minimum Gasteiger partial charge on any atom is -0.372 e.